The number of ether oxygens (including phenoxy) is 2. The average molecular weight is 364 g/mol. The van der Waals surface area contributed by atoms with Crippen LogP contribution in [-0.2, 0) is 6.42 Å². The summed E-state index contributed by atoms with van der Waals surface area (Å²) in [5, 5.41) is 7.30. The van der Waals surface area contributed by atoms with Crippen LogP contribution >= 0.6 is 23.8 Å². The number of benzene rings is 2. The van der Waals surface area contributed by atoms with Crippen molar-refractivity contribution in [1.29, 1.82) is 0 Å². The molecule has 0 amide bonds. The van der Waals surface area contributed by atoms with E-state index in [2.05, 4.69) is 10.2 Å². The van der Waals surface area contributed by atoms with E-state index in [9.17, 15) is 4.39 Å². The molecule has 1 aliphatic rings. The zero-order valence-corrected chi connectivity index (χ0v) is 13.8. The van der Waals surface area contributed by atoms with E-state index in [1.165, 1.54) is 6.07 Å². The Hall–Kier alpha value is -2.38. The van der Waals surface area contributed by atoms with Gasteiger partial charge in [0.1, 0.15) is 11.6 Å². The highest BCUT2D eigenvalue weighted by Crippen LogP contribution is 2.34. The van der Waals surface area contributed by atoms with Crippen molar-refractivity contribution < 1.29 is 13.9 Å². The number of fused-ring (bicyclic) bond motifs is 1. The van der Waals surface area contributed by atoms with Gasteiger partial charge in [0.15, 0.2) is 16.3 Å². The predicted octanol–water partition coefficient (Wildman–Crippen LogP) is 4.04. The predicted molar refractivity (Wildman–Crippen MR) is 89.1 cm³/mol. The lowest BCUT2D eigenvalue weighted by atomic mass is 10.1. The second kappa shape index (κ2) is 5.92. The topological polar surface area (TPSA) is 52.1 Å². The van der Waals surface area contributed by atoms with Crippen LogP contribution in [0.3, 0.4) is 0 Å². The van der Waals surface area contributed by atoms with E-state index in [1.807, 2.05) is 6.07 Å². The van der Waals surface area contributed by atoms with Crippen LogP contribution in [0, 0.1) is 10.6 Å². The van der Waals surface area contributed by atoms with E-state index in [-0.39, 0.29) is 19.0 Å². The molecule has 3 aromatic rings. The van der Waals surface area contributed by atoms with Gasteiger partial charge in [-0.2, -0.15) is 5.10 Å². The zero-order valence-electron chi connectivity index (χ0n) is 12.3. The molecule has 24 heavy (non-hydrogen) atoms. The molecule has 122 valence electrons. The number of nitrogens with one attached hydrogen (secondary N) is 1. The Bertz CT molecular complexity index is 965. The molecule has 0 fully saturated rings. The van der Waals surface area contributed by atoms with Gasteiger partial charge in [0.05, 0.1) is 5.69 Å². The standard InChI is InChI=1S/C16H11ClFN3O2S/c17-11-2-1-3-12(18)10(11)7-15-19-20-16(24)21(15)9-4-5-13-14(6-9)23-8-22-13/h1-6H,7-8H2,(H,20,24). The first kappa shape index (κ1) is 15.2. The van der Waals surface area contributed by atoms with Crippen molar-refractivity contribution in [1.82, 2.24) is 14.8 Å². The van der Waals surface area contributed by atoms with Crippen LogP contribution in [0.15, 0.2) is 36.4 Å². The minimum atomic E-state index is -0.381. The van der Waals surface area contributed by atoms with E-state index in [4.69, 9.17) is 33.3 Å². The fraction of sp³-hybridized carbons (Fsp3) is 0.125. The van der Waals surface area contributed by atoms with Crippen molar-refractivity contribution in [3.8, 4) is 17.2 Å². The molecule has 2 aromatic carbocycles. The number of nitrogens with zero attached hydrogens (tertiary/aromatic N) is 2. The fourth-order valence-corrected chi connectivity index (χ4v) is 3.08. The van der Waals surface area contributed by atoms with E-state index in [0.717, 1.165) is 5.69 Å². The lowest BCUT2D eigenvalue weighted by Gasteiger charge is -2.09. The minimum absolute atomic E-state index is 0.188. The summed E-state index contributed by atoms with van der Waals surface area (Å²) in [6.07, 6.45) is 0.201. The van der Waals surface area contributed by atoms with Gasteiger partial charge in [-0.15, -0.1) is 0 Å². The van der Waals surface area contributed by atoms with Crippen molar-refractivity contribution in [2.45, 2.75) is 6.42 Å². The molecule has 1 aromatic heterocycles. The summed E-state index contributed by atoms with van der Waals surface area (Å²) in [6.45, 7) is 0.188. The van der Waals surface area contributed by atoms with Gasteiger partial charge in [-0.1, -0.05) is 17.7 Å². The first-order chi connectivity index (χ1) is 11.6. The van der Waals surface area contributed by atoms with Gasteiger partial charge < -0.3 is 9.47 Å². The molecule has 1 N–H and O–H groups in total. The van der Waals surface area contributed by atoms with Crippen LogP contribution in [0.2, 0.25) is 5.02 Å². The van der Waals surface area contributed by atoms with Gasteiger partial charge in [0, 0.05) is 23.1 Å². The Morgan fingerprint density at radius 2 is 2.08 bits per heavy atom. The molecule has 5 nitrogen and oxygen atoms in total. The SMILES string of the molecule is Fc1cccc(Cl)c1Cc1n[nH]c(=S)n1-c1ccc2c(c1)OCO2. The van der Waals surface area contributed by atoms with Crippen molar-refractivity contribution in [3.63, 3.8) is 0 Å². The zero-order chi connectivity index (χ0) is 16.7. The third kappa shape index (κ3) is 2.55. The Morgan fingerprint density at radius 1 is 1.25 bits per heavy atom. The smallest absolute Gasteiger partial charge is 0.231 e. The number of H-pyrrole nitrogens is 1. The summed E-state index contributed by atoms with van der Waals surface area (Å²) in [7, 11) is 0. The second-order valence-corrected chi connectivity index (χ2v) is 5.99. The summed E-state index contributed by atoms with van der Waals surface area (Å²) >= 11 is 11.4. The second-order valence-electron chi connectivity index (χ2n) is 5.19. The molecular weight excluding hydrogens is 353 g/mol. The summed E-state index contributed by atoms with van der Waals surface area (Å²) in [5.41, 5.74) is 1.12. The van der Waals surface area contributed by atoms with Crippen LogP contribution in [-0.4, -0.2) is 21.6 Å². The third-order valence-electron chi connectivity index (χ3n) is 3.75. The Morgan fingerprint density at radius 3 is 2.92 bits per heavy atom. The maximum Gasteiger partial charge on any atom is 0.231 e. The molecule has 0 radical (unpaired) electrons. The molecule has 8 heteroatoms. The summed E-state index contributed by atoms with van der Waals surface area (Å²) in [4.78, 5) is 0. The van der Waals surface area contributed by atoms with Gasteiger partial charge in [-0.3, -0.25) is 9.67 Å². The highest BCUT2D eigenvalue weighted by atomic mass is 35.5. The van der Waals surface area contributed by atoms with E-state index < -0.39 is 0 Å². The van der Waals surface area contributed by atoms with Gasteiger partial charge in [0.25, 0.3) is 0 Å². The number of halogens is 2. The minimum Gasteiger partial charge on any atom is -0.454 e. The van der Waals surface area contributed by atoms with Crippen LogP contribution in [0.1, 0.15) is 11.4 Å². The number of hydrogen-bond donors (Lipinski definition) is 1. The van der Waals surface area contributed by atoms with Crippen LogP contribution in [0.4, 0.5) is 4.39 Å². The highest BCUT2D eigenvalue weighted by Gasteiger charge is 2.18. The number of aromatic nitrogens is 3. The molecule has 2 heterocycles. The molecule has 1 aliphatic heterocycles. The molecule has 0 unspecified atom stereocenters. The van der Waals surface area contributed by atoms with E-state index >= 15 is 0 Å². The fourth-order valence-electron chi connectivity index (χ4n) is 2.60. The van der Waals surface area contributed by atoms with Crippen molar-refractivity contribution in [2.75, 3.05) is 6.79 Å². The van der Waals surface area contributed by atoms with Gasteiger partial charge in [-0.05, 0) is 36.5 Å². The van der Waals surface area contributed by atoms with Crippen molar-refractivity contribution >= 4 is 23.8 Å². The Labute approximate surface area is 146 Å². The van der Waals surface area contributed by atoms with Gasteiger partial charge >= 0.3 is 0 Å². The Balaban J connectivity index is 1.78. The molecular formula is C16H11ClFN3O2S. The summed E-state index contributed by atoms with van der Waals surface area (Å²) in [5.74, 6) is 1.47. The summed E-state index contributed by atoms with van der Waals surface area (Å²) in [6, 6.07) is 10.0. The quantitative estimate of drug-likeness (QED) is 0.713. The number of hydrogen-bond acceptors (Lipinski definition) is 4. The largest absolute Gasteiger partial charge is 0.454 e. The maximum absolute atomic E-state index is 14.1. The molecule has 0 spiro atoms. The lowest BCUT2D eigenvalue weighted by Crippen LogP contribution is -2.04. The first-order valence-electron chi connectivity index (χ1n) is 7.12. The van der Waals surface area contributed by atoms with Crippen LogP contribution in [0.5, 0.6) is 11.5 Å². The Kier molecular flexibility index (Phi) is 3.74. The molecule has 4 rings (SSSR count). The van der Waals surface area contributed by atoms with Crippen molar-refractivity contribution in [3.05, 3.63) is 63.4 Å². The van der Waals surface area contributed by atoms with Gasteiger partial charge in [0.2, 0.25) is 6.79 Å². The van der Waals surface area contributed by atoms with Gasteiger partial charge in [-0.25, -0.2) is 4.39 Å². The maximum atomic E-state index is 14.1. The summed E-state index contributed by atoms with van der Waals surface area (Å²) < 4.78 is 26.9. The third-order valence-corrected chi connectivity index (χ3v) is 4.38. The molecule has 0 saturated heterocycles. The molecule has 0 bridgehead atoms. The monoisotopic (exact) mass is 363 g/mol. The molecule has 0 atom stereocenters. The molecule has 0 aliphatic carbocycles. The van der Waals surface area contributed by atoms with Crippen molar-refractivity contribution in [2.24, 2.45) is 0 Å². The van der Waals surface area contributed by atoms with Crippen LogP contribution < -0.4 is 9.47 Å². The lowest BCUT2D eigenvalue weighted by molar-refractivity contribution is 0.174. The molecule has 0 saturated carbocycles. The van der Waals surface area contributed by atoms with E-state index in [1.54, 1.807) is 28.8 Å². The number of aromatic amines is 1. The normalized spacial score (nSPS) is 12.6. The van der Waals surface area contributed by atoms with E-state index in [0.29, 0.717) is 32.7 Å². The number of rotatable bonds is 3. The van der Waals surface area contributed by atoms with Crippen LogP contribution in [0.25, 0.3) is 5.69 Å². The average Bonchev–Trinajstić information content (AvgIpc) is 3.16. The first-order valence-corrected chi connectivity index (χ1v) is 7.91. The highest BCUT2D eigenvalue weighted by molar-refractivity contribution is 7.71.